The number of thiazole rings is 1. The van der Waals surface area contributed by atoms with Crippen LogP contribution in [-0.4, -0.2) is 41.6 Å². The van der Waals surface area contributed by atoms with Gasteiger partial charge in [0.2, 0.25) is 0 Å². The SMILES string of the molecule is CCCCCOc1cccc([C@@H]2/C(=C(\O)c3ccc4c(c3)OCCO4)C(=O)C(=O)N2c2nc3c(C)cc(C)cc3s2)c1. The second-order valence-electron chi connectivity index (χ2n) is 10.6. The van der Waals surface area contributed by atoms with Crippen molar-refractivity contribution in [3.63, 3.8) is 0 Å². The lowest BCUT2D eigenvalue weighted by Gasteiger charge is -2.24. The molecular weight excluding hydrogens is 552 g/mol. The molecule has 9 heteroatoms. The molecule has 4 aromatic rings. The van der Waals surface area contributed by atoms with Crippen LogP contribution in [0, 0.1) is 13.8 Å². The first-order chi connectivity index (χ1) is 20.4. The monoisotopic (exact) mass is 584 g/mol. The number of anilines is 1. The van der Waals surface area contributed by atoms with E-state index in [0.29, 0.717) is 53.3 Å². The Hall–Kier alpha value is -4.37. The fraction of sp³-hybridized carbons (Fsp3) is 0.303. The smallest absolute Gasteiger partial charge is 0.301 e. The summed E-state index contributed by atoms with van der Waals surface area (Å²) >= 11 is 1.35. The van der Waals surface area contributed by atoms with E-state index >= 15 is 0 Å². The van der Waals surface area contributed by atoms with Gasteiger partial charge in [-0.25, -0.2) is 4.98 Å². The number of ether oxygens (including phenoxy) is 3. The highest BCUT2D eigenvalue weighted by Crippen LogP contribution is 2.46. The average Bonchev–Trinajstić information content (AvgIpc) is 3.53. The molecular formula is C33H32N2O6S. The lowest BCUT2D eigenvalue weighted by atomic mass is 9.95. The number of nitrogens with zero attached hydrogens (tertiary/aromatic N) is 2. The number of rotatable bonds is 8. The molecule has 1 aromatic heterocycles. The van der Waals surface area contributed by atoms with Crippen molar-refractivity contribution in [2.75, 3.05) is 24.7 Å². The number of aryl methyl sites for hydroxylation is 2. The first kappa shape index (κ1) is 27.8. The normalized spacial score (nSPS) is 17.7. The Morgan fingerprint density at radius 1 is 1.05 bits per heavy atom. The molecule has 8 nitrogen and oxygen atoms in total. The summed E-state index contributed by atoms with van der Waals surface area (Å²) in [6.45, 7) is 7.50. The molecule has 0 saturated carbocycles. The molecule has 1 fully saturated rings. The first-order valence-corrected chi connectivity index (χ1v) is 15.0. The molecule has 6 rings (SSSR count). The van der Waals surface area contributed by atoms with Gasteiger partial charge >= 0.3 is 5.91 Å². The number of aliphatic hydroxyl groups is 1. The van der Waals surface area contributed by atoms with Crippen molar-refractivity contribution >= 4 is 44.1 Å². The van der Waals surface area contributed by atoms with Crippen LogP contribution >= 0.6 is 11.3 Å². The maximum Gasteiger partial charge on any atom is 0.301 e. The lowest BCUT2D eigenvalue weighted by Crippen LogP contribution is -2.29. The Kier molecular flexibility index (Phi) is 7.60. The number of unbranched alkanes of at least 4 members (excludes halogenated alkanes) is 2. The summed E-state index contributed by atoms with van der Waals surface area (Å²) in [6.07, 6.45) is 3.07. The molecule has 216 valence electrons. The van der Waals surface area contributed by atoms with Crippen molar-refractivity contribution in [3.05, 3.63) is 82.4 Å². The summed E-state index contributed by atoms with van der Waals surface area (Å²) in [5, 5.41) is 12.0. The Labute approximate surface area is 248 Å². The molecule has 0 spiro atoms. The van der Waals surface area contributed by atoms with Crippen LogP contribution in [0.15, 0.2) is 60.2 Å². The predicted octanol–water partition coefficient (Wildman–Crippen LogP) is 6.88. The number of ketones is 1. The molecule has 0 bridgehead atoms. The topological polar surface area (TPSA) is 98.2 Å². The molecule has 0 radical (unpaired) electrons. The number of aromatic nitrogens is 1. The number of hydrogen-bond acceptors (Lipinski definition) is 8. The molecule has 1 saturated heterocycles. The number of fused-ring (bicyclic) bond motifs is 2. The number of amides is 1. The summed E-state index contributed by atoms with van der Waals surface area (Å²) in [7, 11) is 0. The molecule has 1 N–H and O–H groups in total. The van der Waals surface area contributed by atoms with Crippen LogP contribution in [0.3, 0.4) is 0 Å². The Morgan fingerprint density at radius 2 is 1.86 bits per heavy atom. The van der Waals surface area contributed by atoms with E-state index in [9.17, 15) is 14.7 Å². The van der Waals surface area contributed by atoms with Gasteiger partial charge in [-0.3, -0.25) is 14.5 Å². The van der Waals surface area contributed by atoms with E-state index in [1.165, 1.54) is 16.2 Å². The minimum absolute atomic E-state index is 0.0213. The number of benzene rings is 3. The second kappa shape index (κ2) is 11.5. The minimum Gasteiger partial charge on any atom is -0.507 e. The van der Waals surface area contributed by atoms with Crippen LogP contribution in [0.25, 0.3) is 16.0 Å². The van der Waals surface area contributed by atoms with Crippen LogP contribution in [-0.2, 0) is 9.59 Å². The largest absolute Gasteiger partial charge is 0.507 e. The molecule has 2 aliphatic rings. The summed E-state index contributed by atoms with van der Waals surface area (Å²) < 4.78 is 18.3. The van der Waals surface area contributed by atoms with Gasteiger partial charge in [-0.05, 0) is 73.4 Å². The third-order valence-corrected chi connectivity index (χ3v) is 8.48. The van der Waals surface area contributed by atoms with Gasteiger partial charge in [0.1, 0.15) is 24.7 Å². The minimum atomic E-state index is -0.917. The Bertz CT molecular complexity index is 1730. The highest BCUT2D eigenvalue weighted by atomic mass is 32.1. The predicted molar refractivity (Wildman–Crippen MR) is 163 cm³/mol. The van der Waals surface area contributed by atoms with Crippen LogP contribution in [0.4, 0.5) is 5.13 Å². The molecule has 0 aliphatic carbocycles. The maximum atomic E-state index is 13.7. The van der Waals surface area contributed by atoms with E-state index < -0.39 is 17.7 Å². The van der Waals surface area contributed by atoms with E-state index in [4.69, 9.17) is 19.2 Å². The third-order valence-electron chi connectivity index (χ3n) is 7.48. The molecule has 3 aromatic carbocycles. The number of Topliss-reactive ketones (excluding diaryl/α,β-unsaturated/α-hetero) is 1. The maximum absolute atomic E-state index is 13.7. The molecule has 3 heterocycles. The third kappa shape index (κ3) is 5.09. The van der Waals surface area contributed by atoms with Crippen molar-refractivity contribution in [1.82, 2.24) is 4.98 Å². The van der Waals surface area contributed by atoms with E-state index in [0.717, 1.165) is 40.6 Å². The summed E-state index contributed by atoms with van der Waals surface area (Å²) in [5.74, 6) is -0.168. The fourth-order valence-electron chi connectivity index (χ4n) is 5.47. The molecule has 1 amide bonds. The zero-order chi connectivity index (χ0) is 29.4. The summed E-state index contributed by atoms with van der Waals surface area (Å²) in [6, 6.07) is 15.5. The number of hydrogen-bond donors (Lipinski definition) is 1. The molecule has 1 atom stereocenters. The summed E-state index contributed by atoms with van der Waals surface area (Å²) in [5.41, 5.74) is 3.81. The standard InChI is InChI=1S/C33H32N2O6S/c1-4-5-6-12-39-23-9-7-8-21(17-23)29-27(30(36)22-10-11-24-25(18-22)41-14-13-40-24)31(37)32(38)35(29)33-34-28-20(3)15-19(2)16-26(28)42-33/h7-11,15-18,29,36H,4-6,12-14H2,1-3H3/b30-27+/t29-/m1/s1. The van der Waals surface area contributed by atoms with Gasteiger partial charge in [0.05, 0.1) is 28.4 Å². The van der Waals surface area contributed by atoms with Crippen molar-refractivity contribution in [3.8, 4) is 17.2 Å². The van der Waals surface area contributed by atoms with Crippen molar-refractivity contribution in [1.29, 1.82) is 0 Å². The van der Waals surface area contributed by atoms with Gasteiger partial charge in [-0.2, -0.15) is 0 Å². The van der Waals surface area contributed by atoms with Gasteiger partial charge < -0.3 is 19.3 Å². The Balaban J connectivity index is 1.49. The fourth-order valence-corrected chi connectivity index (χ4v) is 6.64. The first-order valence-electron chi connectivity index (χ1n) is 14.2. The zero-order valence-electron chi connectivity index (χ0n) is 23.8. The highest BCUT2D eigenvalue weighted by molar-refractivity contribution is 7.22. The van der Waals surface area contributed by atoms with Gasteiger partial charge in [-0.1, -0.05) is 49.3 Å². The van der Waals surface area contributed by atoms with Gasteiger partial charge in [0, 0.05) is 5.56 Å². The number of carbonyl (C=O) groups is 2. The number of carbonyl (C=O) groups excluding carboxylic acids is 2. The number of aliphatic hydroxyl groups excluding tert-OH is 1. The van der Waals surface area contributed by atoms with Crippen molar-refractivity contribution < 1.29 is 28.9 Å². The van der Waals surface area contributed by atoms with Crippen LogP contribution in [0.1, 0.15) is 54.5 Å². The van der Waals surface area contributed by atoms with Gasteiger partial charge in [0.15, 0.2) is 16.6 Å². The quantitative estimate of drug-likeness (QED) is 0.104. The molecule has 42 heavy (non-hydrogen) atoms. The van der Waals surface area contributed by atoms with Crippen molar-refractivity contribution in [2.45, 2.75) is 46.1 Å². The van der Waals surface area contributed by atoms with E-state index in [1.54, 1.807) is 18.2 Å². The van der Waals surface area contributed by atoms with Crippen LogP contribution in [0.5, 0.6) is 17.2 Å². The Morgan fingerprint density at radius 3 is 2.67 bits per heavy atom. The van der Waals surface area contributed by atoms with Gasteiger partial charge in [0.25, 0.3) is 5.78 Å². The average molecular weight is 585 g/mol. The summed E-state index contributed by atoms with van der Waals surface area (Å²) in [4.78, 5) is 33.7. The van der Waals surface area contributed by atoms with Crippen molar-refractivity contribution in [2.24, 2.45) is 0 Å². The zero-order valence-corrected chi connectivity index (χ0v) is 24.6. The van der Waals surface area contributed by atoms with Crippen LogP contribution in [0.2, 0.25) is 0 Å². The van der Waals surface area contributed by atoms with Crippen LogP contribution < -0.4 is 19.1 Å². The second-order valence-corrected chi connectivity index (χ2v) is 11.6. The lowest BCUT2D eigenvalue weighted by molar-refractivity contribution is -0.132. The molecule has 2 aliphatic heterocycles. The molecule has 0 unspecified atom stereocenters. The van der Waals surface area contributed by atoms with E-state index in [-0.39, 0.29) is 11.3 Å². The van der Waals surface area contributed by atoms with E-state index in [2.05, 4.69) is 6.92 Å². The van der Waals surface area contributed by atoms with Gasteiger partial charge in [-0.15, -0.1) is 0 Å². The highest BCUT2D eigenvalue weighted by Gasteiger charge is 2.48. The van der Waals surface area contributed by atoms with E-state index in [1.807, 2.05) is 50.2 Å².